The average Bonchev–Trinajstić information content (AvgIpc) is 3.18. The molecule has 1 aromatic carbocycles. The Morgan fingerprint density at radius 3 is 2.23 bits per heavy atom. The Hall–Kier alpha value is -2.96. The van der Waals surface area contributed by atoms with Gasteiger partial charge >= 0.3 is 5.97 Å². The summed E-state index contributed by atoms with van der Waals surface area (Å²) in [5.41, 5.74) is 0.264. The predicted molar refractivity (Wildman–Crippen MR) is 154 cm³/mol. The summed E-state index contributed by atoms with van der Waals surface area (Å²) in [5.74, 6) is 0.0976. The van der Waals surface area contributed by atoms with Crippen LogP contribution in [0.1, 0.15) is 110 Å². The van der Waals surface area contributed by atoms with Gasteiger partial charge in [-0.05, 0) is 68.6 Å². The number of hydrogen-bond donors (Lipinski definition) is 0. The number of hydrogen-bond acceptors (Lipinski definition) is 6. The number of aromatic nitrogens is 2. The van der Waals surface area contributed by atoms with Gasteiger partial charge in [0.1, 0.15) is 16.9 Å². The topological polar surface area (TPSA) is 81.6 Å². The van der Waals surface area contributed by atoms with Crippen LogP contribution in [0.25, 0.3) is 0 Å². The maximum atomic E-state index is 14.7. The summed E-state index contributed by atoms with van der Waals surface area (Å²) < 4.78 is 11.8. The molecule has 1 fully saturated rings. The first-order chi connectivity index (χ1) is 18.0. The van der Waals surface area contributed by atoms with Crippen LogP contribution in [-0.2, 0) is 14.9 Å². The smallest absolute Gasteiger partial charge is 0.332 e. The molecule has 1 aliphatic rings. The van der Waals surface area contributed by atoms with E-state index >= 15 is 0 Å². The highest BCUT2D eigenvalue weighted by Crippen LogP contribution is 2.50. The summed E-state index contributed by atoms with van der Waals surface area (Å²) in [6, 6.07) is 5.34. The molecule has 1 saturated heterocycles. The number of rotatable bonds is 7. The molecule has 1 aliphatic heterocycles. The molecule has 0 aliphatic carbocycles. The lowest BCUT2D eigenvalue weighted by Gasteiger charge is -2.43. The first-order valence-corrected chi connectivity index (χ1v) is 14.0. The summed E-state index contributed by atoms with van der Waals surface area (Å²) >= 11 is 0. The van der Waals surface area contributed by atoms with Crippen LogP contribution in [0.3, 0.4) is 0 Å². The van der Waals surface area contributed by atoms with E-state index in [-0.39, 0.29) is 41.1 Å². The van der Waals surface area contributed by atoms with Crippen molar-refractivity contribution in [3.05, 3.63) is 53.6 Å². The zero-order valence-corrected chi connectivity index (χ0v) is 25.7. The Morgan fingerprint density at radius 1 is 1.08 bits per heavy atom. The van der Waals surface area contributed by atoms with E-state index in [4.69, 9.17) is 9.47 Å². The third-order valence-corrected chi connectivity index (χ3v) is 7.38. The molecule has 214 valence electrons. The molecule has 1 amide bonds. The first kappa shape index (κ1) is 30.6. The maximum absolute atomic E-state index is 14.7. The molecular weight excluding hydrogens is 490 g/mol. The van der Waals surface area contributed by atoms with E-state index in [1.54, 1.807) is 25.7 Å². The van der Waals surface area contributed by atoms with Crippen LogP contribution in [0.15, 0.2) is 36.8 Å². The Labute approximate surface area is 234 Å². The fourth-order valence-electron chi connectivity index (χ4n) is 6.00. The number of methoxy groups -OCH3 is 1. The molecule has 7 nitrogen and oxygen atoms in total. The molecule has 0 unspecified atom stereocenters. The van der Waals surface area contributed by atoms with Gasteiger partial charge in [0, 0.05) is 36.1 Å². The first-order valence-electron chi connectivity index (χ1n) is 14.0. The minimum Gasteiger partial charge on any atom is -0.496 e. The van der Waals surface area contributed by atoms with Crippen LogP contribution in [-0.4, -0.2) is 51.0 Å². The Bertz CT molecular complexity index is 1160. The lowest BCUT2D eigenvalue weighted by Crippen LogP contribution is -2.58. The molecule has 0 bridgehead atoms. The van der Waals surface area contributed by atoms with Crippen molar-refractivity contribution in [1.82, 2.24) is 14.9 Å². The molecule has 2 aromatic rings. The lowest BCUT2D eigenvalue weighted by atomic mass is 9.82. The molecule has 7 heteroatoms. The van der Waals surface area contributed by atoms with Crippen LogP contribution < -0.4 is 4.74 Å². The maximum Gasteiger partial charge on any atom is 0.332 e. The second-order valence-corrected chi connectivity index (χ2v) is 13.6. The van der Waals surface area contributed by atoms with Crippen LogP contribution in [0.4, 0.5) is 0 Å². The molecule has 2 heterocycles. The molecule has 0 N–H and O–H groups in total. The van der Waals surface area contributed by atoms with E-state index in [1.807, 2.05) is 43.9 Å². The van der Waals surface area contributed by atoms with E-state index in [2.05, 4.69) is 58.4 Å². The molecule has 3 rings (SSSR count). The highest BCUT2D eigenvalue weighted by Gasteiger charge is 2.60. The van der Waals surface area contributed by atoms with Crippen molar-refractivity contribution in [3.63, 3.8) is 0 Å². The number of likely N-dealkylation sites (tertiary alicyclic amines) is 1. The summed E-state index contributed by atoms with van der Waals surface area (Å²) in [5, 5.41) is 0. The Kier molecular flexibility index (Phi) is 8.83. The van der Waals surface area contributed by atoms with Gasteiger partial charge in [0.05, 0.1) is 12.8 Å². The van der Waals surface area contributed by atoms with Crippen molar-refractivity contribution >= 4 is 11.9 Å². The van der Waals surface area contributed by atoms with Gasteiger partial charge in [-0.2, -0.15) is 0 Å². The third-order valence-electron chi connectivity index (χ3n) is 7.38. The fraction of sp³-hybridized carbons (Fsp3) is 0.625. The lowest BCUT2D eigenvalue weighted by molar-refractivity contribution is -0.169. The van der Waals surface area contributed by atoms with Crippen molar-refractivity contribution in [1.29, 1.82) is 0 Å². The van der Waals surface area contributed by atoms with Gasteiger partial charge in [-0.15, -0.1) is 0 Å². The van der Waals surface area contributed by atoms with Gasteiger partial charge < -0.3 is 14.4 Å². The molecular formula is C32H47N3O4. The summed E-state index contributed by atoms with van der Waals surface area (Å²) in [7, 11) is 1.62. The van der Waals surface area contributed by atoms with Crippen molar-refractivity contribution < 1.29 is 19.1 Å². The SMILES string of the molecule is COc1cc(C(=O)N2[C@@H](C(C)C)[C@@H](c3cnccn3)C[C@@]2(CC(C)C)C(=O)OC(C)(C)C)ccc1C(C)(C)C. The van der Waals surface area contributed by atoms with E-state index in [0.717, 1.165) is 11.3 Å². The quantitative estimate of drug-likeness (QED) is 0.372. The number of amides is 1. The van der Waals surface area contributed by atoms with Crippen molar-refractivity contribution in [2.45, 2.75) is 111 Å². The molecule has 0 saturated carbocycles. The normalized spacial score (nSPS) is 21.9. The van der Waals surface area contributed by atoms with Crippen molar-refractivity contribution in [2.24, 2.45) is 11.8 Å². The van der Waals surface area contributed by atoms with Gasteiger partial charge in [0.25, 0.3) is 5.91 Å². The van der Waals surface area contributed by atoms with Gasteiger partial charge in [0.2, 0.25) is 0 Å². The second kappa shape index (κ2) is 11.3. The molecule has 1 aromatic heterocycles. The van der Waals surface area contributed by atoms with Gasteiger partial charge in [-0.1, -0.05) is 54.5 Å². The zero-order valence-electron chi connectivity index (χ0n) is 25.7. The Morgan fingerprint density at radius 2 is 1.74 bits per heavy atom. The summed E-state index contributed by atoms with van der Waals surface area (Å²) in [6.07, 6.45) is 5.97. The third kappa shape index (κ3) is 6.44. The van der Waals surface area contributed by atoms with Crippen LogP contribution in [0.2, 0.25) is 0 Å². The summed E-state index contributed by atoms with van der Waals surface area (Å²) in [4.78, 5) is 39.7. The minimum absolute atomic E-state index is 0.0492. The summed E-state index contributed by atoms with van der Waals surface area (Å²) in [6.45, 7) is 20.3. The van der Waals surface area contributed by atoms with E-state index in [1.165, 1.54) is 0 Å². The number of carbonyl (C=O) groups excluding carboxylic acids is 2. The van der Waals surface area contributed by atoms with Gasteiger partial charge in [-0.25, -0.2) is 4.79 Å². The van der Waals surface area contributed by atoms with Gasteiger partial charge in [0.15, 0.2) is 0 Å². The van der Waals surface area contributed by atoms with Crippen molar-refractivity contribution in [2.75, 3.05) is 7.11 Å². The van der Waals surface area contributed by atoms with Gasteiger partial charge in [-0.3, -0.25) is 14.8 Å². The monoisotopic (exact) mass is 537 g/mol. The standard InChI is InChI=1S/C32H47N3O4/c1-20(2)17-32(29(37)39-31(8,9)10)18-23(25-19-33-14-15-34-25)27(21(3)4)35(32)28(36)22-12-13-24(30(5,6)7)26(16-22)38-11/h12-16,19-21,23,27H,17-18H2,1-11H3/t23-,27+,32+/m1/s1. The highest BCUT2D eigenvalue weighted by molar-refractivity contribution is 5.99. The molecule has 0 radical (unpaired) electrons. The number of carbonyl (C=O) groups is 2. The second-order valence-electron chi connectivity index (χ2n) is 13.6. The minimum atomic E-state index is -1.16. The zero-order chi connectivity index (χ0) is 29.3. The number of nitrogens with zero attached hydrogens (tertiary/aromatic N) is 3. The predicted octanol–water partition coefficient (Wildman–Crippen LogP) is 6.56. The van der Waals surface area contributed by atoms with E-state index in [0.29, 0.717) is 24.2 Å². The largest absolute Gasteiger partial charge is 0.496 e. The number of esters is 1. The van der Waals surface area contributed by atoms with E-state index in [9.17, 15) is 9.59 Å². The van der Waals surface area contributed by atoms with Crippen molar-refractivity contribution in [3.8, 4) is 5.75 Å². The number of benzene rings is 1. The average molecular weight is 538 g/mol. The Balaban J connectivity index is 2.27. The number of ether oxygens (including phenoxy) is 2. The molecule has 39 heavy (non-hydrogen) atoms. The highest BCUT2D eigenvalue weighted by atomic mass is 16.6. The van der Waals surface area contributed by atoms with Crippen LogP contribution in [0.5, 0.6) is 5.75 Å². The molecule has 0 spiro atoms. The fourth-order valence-corrected chi connectivity index (χ4v) is 6.00. The van der Waals surface area contributed by atoms with E-state index < -0.39 is 11.1 Å². The molecule has 3 atom stereocenters. The van der Waals surface area contributed by atoms with Crippen LogP contribution in [0, 0.1) is 11.8 Å². The van der Waals surface area contributed by atoms with Crippen LogP contribution >= 0.6 is 0 Å².